The van der Waals surface area contributed by atoms with E-state index in [-0.39, 0.29) is 5.41 Å². The number of nitrogens with zero attached hydrogens (tertiary/aromatic N) is 2. The van der Waals surface area contributed by atoms with Crippen LogP contribution in [-0.4, -0.2) is 68.6 Å². The molecule has 0 amide bonds. The van der Waals surface area contributed by atoms with Gasteiger partial charge in [0.15, 0.2) is 0 Å². The van der Waals surface area contributed by atoms with Crippen molar-refractivity contribution in [2.75, 3.05) is 46.4 Å². The quantitative estimate of drug-likeness (QED) is 0.722. The summed E-state index contributed by atoms with van der Waals surface area (Å²) in [7, 11) is 2.20. The van der Waals surface area contributed by atoms with Crippen LogP contribution in [0.3, 0.4) is 0 Å². The Hall–Kier alpha value is -0.450. The van der Waals surface area contributed by atoms with Crippen molar-refractivity contribution in [3.63, 3.8) is 0 Å². The van der Waals surface area contributed by atoms with Crippen LogP contribution < -0.4 is 0 Å². The number of aldehydes is 1. The van der Waals surface area contributed by atoms with Crippen molar-refractivity contribution in [1.82, 2.24) is 9.80 Å². The molecule has 0 saturated carbocycles. The minimum atomic E-state index is -0.158. The van der Waals surface area contributed by atoms with Gasteiger partial charge in [-0.05, 0) is 45.8 Å². The molecule has 1 unspecified atom stereocenters. The van der Waals surface area contributed by atoms with E-state index in [0.717, 1.165) is 52.1 Å². The third-order valence-electron chi connectivity index (χ3n) is 4.75. The number of rotatable bonds is 4. The fourth-order valence-corrected chi connectivity index (χ4v) is 3.38. The zero-order valence-corrected chi connectivity index (χ0v) is 12.4. The lowest BCUT2D eigenvalue weighted by atomic mass is 9.81. The van der Waals surface area contributed by atoms with Gasteiger partial charge in [0.25, 0.3) is 0 Å². The van der Waals surface area contributed by atoms with Crippen LogP contribution in [0.5, 0.6) is 0 Å². The first-order chi connectivity index (χ1) is 9.19. The van der Waals surface area contributed by atoms with Crippen LogP contribution in [0.1, 0.15) is 32.6 Å². The average molecular weight is 268 g/mol. The first kappa shape index (κ1) is 14.9. The van der Waals surface area contributed by atoms with E-state index in [0.29, 0.717) is 6.04 Å². The maximum absolute atomic E-state index is 11.6. The van der Waals surface area contributed by atoms with Crippen LogP contribution in [0.4, 0.5) is 0 Å². The highest BCUT2D eigenvalue weighted by Crippen LogP contribution is 2.30. The molecule has 0 radical (unpaired) electrons. The summed E-state index contributed by atoms with van der Waals surface area (Å²) in [4.78, 5) is 16.6. The van der Waals surface area contributed by atoms with Crippen molar-refractivity contribution < 1.29 is 9.53 Å². The maximum Gasteiger partial charge on any atom is 0.127 e. The van der Waals surface area contributed by atoms with E-state index in [9.17, 15) is 4.79 Å². The summed E-state index contributed by atoms with van der Waals surface area (Å²) in [6.45, 7) is 8.08. The number of ether oxygens (including phenoxy) is 1. The Kier molecular flexibility index (Phi) is 5.37. The van der Waals surface area contributed by atoms with Crippen LogP contribution in [0.25, 0.3) is 0 Å². The third-order valence-corrected chi connectivity index (χ3v) is 4.75. The van der Waals surface area contributed by atoms with Gasteiger partial charge in [-0.3, -0.25) is 4.90 Å². The van der Waals surface area contributed by atoms with Gasteiger partial charge < -0.3 is 14.4 Å². The highest BCUT2D eigenvalue weighted by atomic mass is 16.5. The summed E-state index contributed by atoms with van der Waals surface area (Å²) in [6, 6.07) is 0.590. The van der Waals surface area contributed by atoms with Gasteiger partial charge in [-0.15, -0.1) is 0 Å². The molecule has 0 aliphatic carbocycles. The lowest BCUT2D eigenvalue weighted by Crippen LogP contribution is -2.48. The highest BCUT2D eigenvalue weighted by Gasteiger charge is 2.36. The topological polar surface area (TPSA) is 32.8 Å². The number of likely N-dealkylation sites (N-methyl/N-ethyl adjacent to an activating group) is 1. The van der Waals surface area contributed by atoms with Gasteiger partial charge in [0.1, 0.15) is 6.29 Å². The molecule has 0 N–H and O–H groups in total. The fourth-order valence-electron chi connectivity index (χ4n) is 3.38. The zero-order valence-electron chi connectivity index (χ0n) is 12.4. The Bertz CT molecular complexity index is 290. The minimum absolute atomic E-state index is 0.158. The van der Waals surface area contributed by atoms with Crippen molar-refractivity contribution in [2.24, 2.45) is 5.41 Å². The molecule has 19 heavy (non-hydrogen) atoms. The molecule has 4 heteroatoms. The predicted octanol–water partition coefficient (Wildman–Crippen LogP) is 1.40. The molecule has 0 aromatic heterocycles. The monoisotopic (exact) mass is 268 g/mol. The number of hydrogen-bond donors (Lipinski definition) is 0. The van der Waals surface area contributed by atoms with Crippen molar-refractivity contribution in [3.05, 3.63) is 0 Å². The number of hydrogen-bond acceptors (Lipinski definition) is 4. The van der Waals surface area contributed by atoms with Crippen molar-refractivity contribution >= 4 is 6.29 Å². The summed E-state index contributed by atoms with van der Waals surface area (Å²) >= 11 is 0. The van der Waals surface area contributed by atoms with Crippen molar-refractivity contribution in [3.8, 4) is 0 Å². The summed E-state index contributed by atoms with van der Waals surface area (Å²) in [5.41, 5.74) is -0.158. The van der Waals surface area contributed by atoms with E-state index in [4.69, 9.17) is 4.74 Å². The number of carbonyl (C=O) groups excluding carboxylic acids is 1. The molecule has 0 aromatic rings. The summed E-state index contributed by atoms with van der Waals surface area (Å²) < 4.78 is 5.43. The van der Waals surface area contributed by atoms with Crippen LogP contribution in [0.15, 0.2) is 0 Å². The molecule has 1 atom stereocenters. The fraction of sp³-hybridized carbons (Fsp3) is 0.933. The Morgan fingerprint density at radius 2 is 2.05 bits per heavy atom. The summed E-state index contributed by atoms with van der Waals surface area (Å²) in [5, 5.41) is 0. The summed E-state index contributed by atoms with van der Waals surface area (Å²) in [5.74, 6) is 0. The van der Waals surface area contributed by atoms with Gasteiger partial charge in [-0.2, -0.15) is 0 Å². The molecule has 2 fully saturated rings. The predicted molar refractivity (Wildman–Crippen MR) is 76.3 cm³/mol. The lowest BCUT2D eigenvalue weighted by Gasteiger charge is -2.39. The first-order valence-electron chi connectivity index (χ1n) is 7.66. The second-order valence-electron chi connectivity index (χ2n) is 6.24. The molecule has 2 heterocycles. The average Bonchev–Trinajstić information content (AvgIpc) is 2.61. The lowest BCUT2D eigenvalue weighted by molar-refractivity contribution is -0.123. The molecule has 2 saturated heterocycles. The maximum atomic E-state index is 11.6. The second-order valence-corrected chi connectivity index (χ2v) is 6.24. The SMILES string of the molecule is CCC1CN(C)CCCN1CC1(C=O)CCOCC1. The zero-order chi connectivity index (χ0) is 13.7. The molecule has 2 rings (SSSR count). The standard InChI is InChI=1S/C15H28N2O2/c1-3-14-11-16(2)7-4-8-17(14)12-15(13-18)5-9-19-10-6-15/h13-14H,3-12H2,1-2H3. The van der Waals surface area contributed by atoms with Crippen LogP contribution >= 0.6 is 0 Å². The van der Waals surface area contributed by atoms with Crippen LogP contribution in [-0.2, 0) is 9.53 Å². The van der Waals surface area contributed by atoms with Crippen molar-refractivity contribution in [1.29, 1.82) is 0 Å². The molecule has 4 nitrogen and oxygen atoms in total. The molecule has 2 aliphatic heterocycles. The highest BCUT2D eigenvalue weighted by molar-refractivity contribution is 5.60. The van der Waals surface area contributed by atoms with Gasteiger partial charge in [0, 0.05) is 37.8 Å². The normalized spacial score (nSPS) is 29.9. The Balaban J connectivity index is 2.03. The van der Waals surface area contributed by atoms with E-state index in [2.05, 4.69) is 23.8 Å². The third kappa shape index (κ3) is 3.77. The van der Waals surface area contributed by atoms with Crippen LogP contribution in [0.2, 0.25) is 0 Å². The van der Waals surface area contributed by atoms with Crippen molar-refractivity contribution in [2.45, 2.75) is 38.6 Å². The largest absolute Gasteiger partial charge is 0.381 e. The van der Waals surface area contributed by atoms with Gasteiger partial charge in [-0.25, -0.2) is 0 Å². The molecular formula is C15H28N2O2. The molecule has 0 aromatic carbocycles. The molecular weight excluding hydrogens is 240 g/mol. The first-order valence-corrected chi connectivity index (χ1v) is 7.66. The minimum Gasteiger partial charge on any atom is -0.381 e. The van der Waals surface area contributed by atoms with Gasteiger partial charge in [-0.1, -0.05) is 6.92 Å². The second kappa shape index (κ2) is 6.82. The smallest absolute Gasteiger partial charge is 0.127 e. The molecule has 110 valence electrons. The van der Waals surface area contributed by atoms with E-state index in [1.54, 1.807) is 0 Å². The van der Waals surface area contributed by atoms with Gasteiger partial charge >= 0.3 is 0 Å². The molecule has 2 aliphatic rings. The Morgan fingerprint density at radius 1 is 1.32 bits per heavy atom. The van der Waals surface area contributed by atoms with E-state index in [1.807, 2.05) is 0 Å². The molecule has 0 bridgehead atoms. The number of carbonyl (C=O) groups is 1. The Morgan fingerprint density at radius 3 is 2.68 bits per heavy atom. The molecule has 0 spiro atoms. The van der Waals surface area contributed by atoms with E-state index in [1.165, 1.54) is 19.3 Å². The van der Waals surface area contributed by atoms with E-state index < -0.39 is 0 Å². The van der Waals surface area contributed by atoms with Gasteiger partial charge in [0.2, 0.25) is 0 Å². The van der Waals surface area contributed by atoms with Crippen LogP contribution in [0, 0.1) is 5.41 Å². The Labute approximate surface area is 117 Å². The van der Waals surface area contributed by atoms with Gasteiger partial charge in [0.05, 0.1) is 0 Å². The van der Waals surface area contributed by atoms with E-state index >= 15 is 0 Å². The summed E-state index contributed by atoms with van der Waals surface area (Å²) in [6.07, 6.45) is 5.35.